The quantitative estimate of drug-likeness (QED) is 0.602. The summed E-state index contributed by atoms with van der Waals surface area (Å²) >= 11 is 6.37. The van der Waals surface area contributed by atoms with Crippen LogP contribution >= 0.6 is 11.6 Å². The van der Waals surface area contributed by atoms with Gasteiger partial charge in [-0.3, -0.25) is 5.43 Å². The van der Waals surface area contributed by atoms with Gasteiger partial charge in [-0.25, -0.2) is 0 Å². The molecule has 0 saturated heterocycles. The van der Waals surface area contributed by atoms with Crippen molar-refractivity contribution in [3.05, 3.63) is 58.7 Å². The van der Waals surface area contributed by atoms with Crippen molar-refractivity contribution >= 4 is 38.9 Å². The molecule has 2 aromatic heterocycles. The van der Waals surface area contributed by atoms with Crippen LogP contribution in [0.2, 0.25) is 5.02 Å². The Labute approximate surface area is 149 Å². The summed E-state index contributed by atoms with van der Waals surface area (Å²) in [5, 5.41) is 7.66. The normalized spacial score (nSPS) is 13.6. The Kier molecular flexibility index (Phi) is 3.11. The summed E-state index contributed by atoms with van der Waals surface area (Å²) in [6.07, 6.45) is 0. The molecule has 5 nitrogen and oxygen atoms in total. The van der Waals surface area contributed by atoms with Crippen LogP contribution in [0.5, 0.6) is 0 Å². The Balaban J connectivity index is 2.14. The van der Waals surface area contributed by atoms with Crippen molar-refractivity contribution in [1.29, 1.82) is 0 Å². The highest BCUT2D eigenvalue weighted by molar-refractivity contribution is 6.31. The Bertz CT molecular complexity index is 1220. The Morgan fingerprint density at radius 3 is 2.88 bits per heavy atom. The van der Waals surface area contributed by atoms with E-state index >= 15 is 0 Å². The first kappa shape index (κ1) is 14.8. The van der Waals surface area contributed by atoms with Crippen molar-refractivity contribution in [3.63, 3.8) is 0 Å². The molecule has 1 aliphatic rings. The van der Waals surface area contributed by atoms with Gasteiger partial charge in [-0.05, 0) is 44.4 Å². The van der Waals surface area contributed by atoms with Gasteiger partial charge >= 0.3 is 0 Å². The molecule has 0 aliphatic carbocycles. The minimum Gasteiger partial charge on any atom is -0.309 e. The highest BCUT2D eigenvalue weighted by Crippen LogP contribution is 2.28. The number of nitrogens with one attached hydrogen (secondary N) is 1. The fourth-order valence-corrected chi connectivity index (χ4v) is 4.00. The van der Waals surface area contributed by atoms with E-state index in [1.807, 2.05) is 12.1 Å². The van der Waals surface area contributed by atoms with Gasteiger partial charge in [-0.15, -0.1) is 0 Å². The predicted octanol–water partition coefficient (Wildman–Crippen LogP) is 3.14. The van der Waals surface area contributed by atoms with E-state index in [1.165, 1.54) is 16.6 Å². The fraction of sp³-hybridized carbons (Fsp3) is 0.211. The molecule has 1 aliphatic heterocycles. The van der Waals surface area contributed by atoms with E-state index in [-0.39, 0.29) is 0 Å². The lowest BCUT2D eigenvalue weighted by molar-refractivity contribution is 0.396. The highest BCUT2D eigenvalue weighted by Gasteiger charge is 2.17. The van der Waals surface area contributed by atoms with E-state index in [1.54, 1.807) is 0 Å². The Morgan fingerprint density at radius 1 is 1.16 bits per heavy atom. The number of halogens is 1. The first-order valence-corrected chi connectivity index (χ1v) is 8.68. The number of hydrogen-bond donors (Lipinski definition) is 1. The maximum Gasteiger partial charge on any atom is 0.163 e. The van der Waals surface area contributed by atoms with Gasteiger partial charge in [-0.1, -0.05) is 23.7 Å². The van der Waals surface area contributed by atoms with E-state index in [0.717, 1.165) is 33.5 Å². The summed E-state index contributed by atoms with van der Waals surface area (Å²) in [6, 6.07) is 14.7. The average Bonchev–Trinajstić information content (AvgIpc) is 3.15. The summed E-state index contributed by atoms with van der Waals surface area (Å²) in [4.78, 5) is 2.19. The van der Waals surface area contributed by atoms with E-state index in [4.69, 9.17) is 11.6 Å². The molecule has 0 saturated carbocycles. The van der Waals surface area contributed by atoms with E-state index in [0.29, 0.717) is 6.67 Å². The van der Waals surface area contributed by atoms with Crippen molar-refractivity contribution in [2.24, 2.45) is 5.10 Å². The first-order chi connectivity index (χ1) is 12.1. The topological polar surface area (TPSA) is 37.0 Å². The van der Waals surface area contributed by atoms with Crippen LogP contribution in [0.4, 0.5) is 0 Å². The second-order valence-electron chi connectivity index (χ2n) is 6.76. The third kappa shape index (κ3) is 2.09. The second kappa shape index (κ2) is 5.25. The van der Waals surface area contributed by atoms with Crippen LogP contribution in [-0.4, -0.2) is 28.0 Å². The summed E-state index contributed by atoms with van der Waals surface area (Å²) < 4.78 is 4.56. The first-order valence-electron chi connectivity index (χ1n) is 8.30. The molecule has 0 bridgehead atoms. The number of rotatable bonds is 2. The molecule has 5 rings (SSSR count). The van der Waals surface area contributed by atoms with Crippen LogP contribution in [0.3, 0.4) is 0 Å². The predicted molar refractivity (Wildman–Crippen MR) is 101 cm³/mol. The molecule has 126 valence electrons. The monoisotopic (exact) mass is 351 g/mol. The number of para-hydroxylation sites is 1. The maximum absolute atomic E-state index is 6.37. The van der Waals surface area contributed by atoms with Crippen LogP contribution in [0.1, 0.15) is 5.69 Å². The summed E-state index contributed by atoms with van der Waals surface area (Å²) in [7, 11) is 4.18. The summed E-state index contributed by atoms with van der Waals surface area (Å²) in [6.45, 7) is 1.51. The van der Waals surface area contributed by atoms with Gasteiger partial charge in [0.2, 0.25) is 0 Å². The standard InChI is InChI=1S/C19H18ClN5/c1-23(2)10-14-8-12-4-3-5-15-18(12)25(14)17-9-13(20)6-7-16(17)24-11-21-22-19(15)24/h3-9,21H,10-11H2,1-2H3. The fourth-order valence-electron chi connectivity index (χ4n) is 3.84. The summed E-state index contributed by atoms with van der Waals surface area (Å²) in [5.74, 6) is 0. The zero-order valence-electron chi connectivity index (χ0n) is 14.1. The maximum atomic E-state index is 6.37. The van der Waals surface area contributed by atoms with Crippen LogP contribution in [0.25, 0.3) is 27.3 Å². The lowest BCUT2D eigenvalue weighted by atomic mass is 10.2. The molecule has 0 atom stereocenters. The van der Waals surface area contributed by atoms with Gasteiger partial charge in [0.05, 0.1) is 16.6 Å². The minimum atomic E-state index is 0.661. The number of nitrogens with zero attached hydrogens (tertiary/aromatic N) is 4. The number of aromatic nitrogens is 2. The van der Waals surface area contributed by atoms with Gasteiger partial charge in [0.15, 0.2) is 5.49 Å². The second-order valence-corrected chi connectivity index (χ2v) is 7.20. The molecular formula is C19H18ClN5. The molecule has 1 N–H and O–H groups in total. The smallest absolute Gasteiger partial charge is 0.163 e. The minimum absolute atomic E-state index is 0.661. The lowest BCUT2D eigenvalue weighted by Crippen LogP contribution is -2.14. The zero-order valence-corrected chi connectivity index (χ0v) is 14.9. The number of fused-ring (bicyclic) bond motifs is 5. The van der Waals surface area contributed by atoms with Crippen LogP contribution in [0, 0.1) is 0 Å². The molecule has 0 fully saturated rings. The van der Waals surface area contributed by atoms with Crippen molar-refractivity contribution in [3.8, 4) is 0 Å². The van der Waals surface area contributed by atoms with Gasteiger partial charge in [0.1, 0.15) is 6.67 Å². The molecule has 0 amide bonds. The molecule has 0 unspecified atom stereocenters. The third-order valence-corrected chi connectivity index (χ3v) is 4.99. The van der Waals surface area contributed by atoms with E-state index < -0.39 is 0 Å². The van der Waals surface area contributed by atoms with Crippen LogP contribution < -0.4 is 10.9 Å². The van der Waals surface area contributed by atoms with Gasteiger partial charge in [-0.2, -0.15) is 5.10 Å². The molecule has 25 heavy (non-hydrogen) atoms. The molecule has 0 spiro atoms. The van der Waals surface area contributed by atoms with Crippen molar-refractivity contribution in [1.82, 2.24) is 19.3 Å². The SMILES string of the molecule is CN(C)Cc1cc2cccc3c4n(c5ccc(Cl)cc5n1c23)CNN=4. The molecular weight excluding hydrogens is 334 g/mol. The molecule has 3 heterocycles. The molecule has 4 aromatic rings. The summed E-state index contributed by atoms with van der Waals surface area (Å²) in [5.41, 5.74) is 8.72. The zero-order chi connectivity index (χ0) is 17.1. The van der Waals surface area contributed by atoms with Crippen LogP contribution in [-0.2, 0) is 13.2 Å². The van der Waals surface area contributed by atoms with Crippen LogP contribution in [0.15, 0.2) is 47.6 Å². The molecule has 0 radical (unpaired) electrons. The van der Waals surface area contributed by atoms with E-state index in [9.17, 15) is 0 Å². The molecule has 2 aromatic carbocycles. The van der Waals surface area contributed by atoms with Crippen molar-refractivity contribution < 1.29 is 0 Å². The van der Waals surface area contributed by atoms with Gasteiger partial charge in [0, 0.05) is 28.0 Å². The van der Waals surface area contributed by atoms with E-state index in [2.05, 4.69) is 68.8 Å². The average molecular weight is 352 g/mol. The number of benzene rings is 2. The number of hydrogen-bond acceptors (Lipinski definition) is 3. The lowest BCUT2D eigenvalue weighted by Gasteiger charge is -2.11. The van der Waals surface area contributed by atoms with Crippen molar-refractivity contribution in [2.45, 2.75) is 13.2 Å². The Hall–Kier alpha value is -2.50. The Morgan fingerprint density at radius 2 is 2.04 bits per heavy atom. The van der Waals surface area contributed by atoms with Crippen molar-refractivity contribution in [2.75, 3.05) is 14.1 Å². The highest BCUT2D eigenvalue weighted by atomic mass is 35.5. The van der Waals surface area contributed by atoms with Gasteiger partial charge < -0.3 is 13.9 Å². The third-order valence-electron chi connectivity index (χ3n) is 4.76. The van der Waals surface area contributed by atoms with Gasteiger partial charge in [0.25, 0.3) is 0 Å². The molecule has 6 heteroatoms. The largest absolute Gasteiger partial charge is 0.309 e.